The molecule has 0 spiro atoms. The summed E-state index contributed by atoms with van der Waals surface area (Å²) in [5.74, 6) is 1.32. The van der Waals surface area contributed by atoms with Gasteiger partial charge in [-0.1, -0.05) is 13.8 Å². The molecule has 0 radical (unpaired) electrons. The molecular weight excluding hydrogens is 252 g/mol. The summed E-state index contributed by atoms with van der Waals surface area (Å²) in [5.41, 5.74) is 0.459. The summed E-state index contributed by atoms with van der Waals surface area (Å²) in [7, 11) is 4.00. The van der Waals surface area contributed by atoms with E-state index in [4.69, 9.17) is 0 Å². The minimum absolute atomic E-state index is 0.406. The molecule has 2 heterocycles. The van der Waals surface area contributed by atoms with Crippen LogP contribution in [0, 0.1) is 0 Å². The molecule has 0 aliphatic carbocycles. The second kappa shape index (κ2) is 6.06. The Bertz CT molecular complexity index is 422. The van der Waals surface area contributed by atoms with Crippen molar-refractivity contribution < 1.29 is 5.11 Å². The van der Waals surface area contributed by atoms with Gasteiger partial charge in [0.15, 0.2) is 5.82 Å². The largest absolute Gasteiger partial charge is 0.388 e. The molecule has 0 saturated carbocycles. The van der Waals surface area contributed by atoms with Crippen molar-refractivity contribution in [2.24, 2.45) is 0 Å². The van der Waals surface area contributed by atoms with Crippen molar-refractivity contribution in [1.29, 1.82) is 0 Å². The van der Waals surface area contributed by atoms with Gasteiger partial charge in [-0.15, -0.1) is 5.10 Å². The Morgan fingerprint density at radius 2 is 1.90 bits per heavy atom. The Morgan fingerprint density at radius 3 is 2.35 bits per heavy atom. The average molecular weight is 278 g/mol. The van der Waals surface area contributed by atoms with E-state index in [1.807, 2.05) is 31.1 Å². The molecule has 0 atom stereocenters. The van der Waals surface area contributed by atoms with E-state index in [2.05, 4.69) is 28.9 Å². The first kappa shape index (κ1) is 15.2. The van der Waals surface area contributed by atoms with Gasteiger partial charge in [0, 0.05) is 19.6 Å². The molecule has 0 unspecified atom stereocenters. The number of aromatic nitrogens is 2. The first-order chi connectivity index (χ1) is 9.39. The summed E-state index contributed by atoms with van der Waals surface area (Å²) < 4.78 is 0. The molecule has 1 N–H and O–H groups in total. The number of hydrogen-bond acceptors (Lipinski definition) is 5. The van der Waals surface area contributed by atoms with E-state index in [0.717, 1.165) is 44.0 Å². The van der Waals surface area contributed by atoms with E-state index in [9.17, 15) is 5.11 Å². The maximum Gasteiger partial charge on any atom is 0.151 e. The number of hydrogen-bond donors (Lipinski definition) is 1. The maximum atomic E-state index is 10.5. The lowest BCUT2D eigenvalue weighted by atomic mass is 9.91. The maximum absolute atomic E-state index is 10.5. The lowest BCUT2D eigenvalue weighted by molar-refractivity contribution is -0.00549. The van der Waals surface area contributed by atoms with Crippen molar-refractivity contribution in [1.82, 2.24) is 15.1 Å². The van der Waals surface area contributed by atoms with Gasteiger partial charge in [0.1, 0.15) is 0 Å². The third kappa shape index (κ3) is 3.67. The van der Waals surface area contributed by atoms with Crippen molar-refractivity contribution in [3.05, 3.63) is 17.8 Å². The van der Waals surface area contributed by atoms with E-state index in [-0.39, 0.29) is 0 Å². The van der Waals surface area contributed by atoms with Gasteiger partial charge in [-0.3, -0.25) is 0 Å². The number of anilines is 1. The Kier molecular flexibility index (Phi) is 4.60. The molecule has 1 aliphatic heterocycles. The predicted octanol–water partition coefficient (Wildman–Crippen LogP) is 1.49. The normalized spacial score (nSPS) is 18.9. The molecule has 112 valence electrons. The second-order valence-electron chi connectivity index (χ2n) is 6.42. The summed E-state index contributed by atoms with van der Waals surface area (Å²) in [6.45, 7) is 6.62. The van der Waals surface area contributed by atoms with Gasteiger partial charge in [0.2, 0.25) is 0 Å². The van der Waals surface area contributed by atoms with Crippen LogP contribution in [0.15, 0.2) is 12.1 Å². The lowest BCUT2D eigenvalue weighted by Gasteiger charge is -2.39. The van der Waals surface area contributed by atoms with Crippen molar-refractivity contribution in [3.8, 4) is 0 Å². The molecule has 0 amide bonds. The van der Waals surface area contributed by atoms with Crippen molar-refractivity contribution in [2.45, 2.75) is 38.2 Å². The summed E-state index contributed by atoms with van der Waals surface area (Å²) in [5, 5.41) is 19.1. The Balaban J connectivity index is 1.96. The molecule has 0 aromatic carbocycles. The van der Waals surface area contributed by atoms with Crippen molar-refractivity contribution >= 4 is 5.82 Å². The van der Waals surface area contributed by atoms with Crippen LogP contribution in [0.2, 0.25) is 0 Å². The van der Waals surface area contributed by atoms with Crippen LogP contribution in [0.1, 0.15) is 38.3 Å². The van der Waals surface area contributed by atoms with Crippen LogP contribution < -0.4 is 4.90 Å². The summed E-state index contributed by atoms with van der Waals surface area (Å²) >= 11 is 0. The lowest BCUT2D eigenvalue weighted by Crippen LogP contribution is -2.49. The van der Waals surface area contributed by atoms with Crippen LogP contribution in [-0.4, -0.2) is 59.5 Å². The van der Waals surface area contributed by atoms with E-state index in [1.54, 1.807) is 0 Å². The van der Waals surface area contributed by atoms with Gasteiger partial charge in [-0.05, 0) is 45.0 Å². The zero-order chi connectivity index (χ0) is 14.8. The fourth-order valence-electron chi connectivity index (χ4n) is 2.71. The Hall–Kier alpha value is -1.20. The van der Waals surface area contributed by atoms with E-state index >= 15 is 0 Å². The highest BCUT2D eigenvalue weighted by Gasteiger charge is 2.33. The molecule has 1 aromatic rings. The second-order valence-corrected chi connectivity index (χ2v) is 6.42. The van der Waals surface area contributed by atoms with Crippen LogP contribution >= 0.6 is 0 Å². The monoisotopic (exact) mass is 278 g/mol. The van der Waals surface area contributed by atoms with Gasteiger partial charge in [0.25, 0.3) is 0 Å². The van der Waals surface area contributed by atoms with Crippen molar-refractivity contribution in [2.75, 3.05) is 38.6 Å². The quantitative estimate of drug-likeness (QED) is 0.904. The van der Waals surface area contributed by atoms with Crippen LogP contribution in [0.3, 0.4) is 0 Å². The van der Waals surface area contributed by atoms with Crippen LogP contribution in [0.25, 0.3) is 0 Å². The average Bonchev–Trinajstić information content (AvgIpc) is 2.38. The third-order valence-electron chi connectivity index (χ3n) is 3.89. The molecule has 5 heteroatoms. The molecule has 1 aliphatic rings. The van der Waals surface area contributed by atoms with Crippen LogP contribution in [-0.2, 0) is 0 Å². The highest BCUT2D eigenvalue weighted by Crippen LogP contribution is 2.26. The molecule has 20 heavy (non-hydrogen) atoms. The molecule has 0 bridgehead atoms. The highest BCUT2D eigenvalue weighted by atomic mass is 16.3. The summed E-state index contributed by atoms with van der Waals surface area (Å²) in [6.07, 6.45) is 1.55. The van der Waals surface area contributed by atoms with Gasteiger partial charge >= 0.3 is 0 Å². The molecule has 1 fully saturated rings. The van der Waals surface area contributed by atoms with Gasteiger partial charge in [-0.2, -0.15) is 5.10 Å². The Labute approximate surface area is 121 Å². The zero-order valence-corrected chi connectivity index (χ0v) is 13.0. The SMILES string of the molecule is CC(C)c1ccc(N2CCC(O)(CN(C)C)CC2)nn1. The van der Waals surface area contributed by atoms with E-state index in [0.29, 0.717) is 5.92 Å². The summed E-state index contributed by atoms with van der Waals surface area (Å²) in [6, 6.07) is 4.09. The topological polar surface area (TPSA) is 52.5 Å². The van der Waals surface area contributed by atoms with Crippen LogP contribution in [0.4, 0.5) is 5.82 Å². The molecule has 1 aromatic heterocycles. The standard InChI is InChI=1S/C15H26N4O/c1-12(2)13-5-6-14(17-16-13)19-9-7-15(20,8-10-19)11-18(3)4/h5-6,12,20H,7-11H2,1-4H3. The number of piperidine rings is 1. The minimum atomic E-state index is -0.564. The first-order valence-corrected chi connectivity index (χ1v) is 7.35. The number of likely N-dealkylation sites (N-methyl/N-ethyl adjacent to an activating group) is 1. The molecule has 1 saturated heterocycles. The van der Waals surface area contributed by atoms with E-state index in [1.165, 1.54) is 0 Å². The van der Waals surface area contributed by atoms with Gasteiger partial charge < -0.3 is 14.9 Å². The first-order valence-electron chi connectivity index (χ1n) is 7.35. The molecule has 5 nitrogen and oxygen atoms in total. The van der Waals surface area contributed by atoms with Crippen LogP contribution in [0.5, 0.6) is 0 Å². The van der Waals surface area contributed by atoms with E-state index < -0.39 is 5.60 Å². The predicted molar refractivity (Wildman–Crippen MR) is 81.1 cm³/mol. The summed E-state index contributed by atoms with van der Waals surface area (Å²) in [4.78, 5) is 4.26. The number of nitrogens with zero attached hydrogens (tertiary/aromatic N) is 4. The molecular formula is C15H26N4O. The van der Waals surface area contributed by atoms with Crippen molar-refractivity contribution in [3.63, 3.8) is 0 Å². The minimum Gasteiger partial charge on any atom is -0.388 e. The number of rotatable bonds is 4. The smallest absolute Gasteiger partial charge is 0.151 e. The third-order valence-corrected chi connectivity index (χ3v) is 3.89. The molecule has 2 rings (SSSR count). The highest BCUT2D eigenvalue weighted by molar-refractivity contribution is 5.38. The fourth-order valence-corrected chi connectivity index (χ4v) is 2.71. The zero-order valence-electron chi connectivity index (χ0n) is 13.0. The number of aliphatic hydroxyl groups is 1. The van der Waals surface area contributed by atoms with Gasteiger partial charge in [-0.25, -0.2) is 0 Å². The Morgan fingerprint density at radius 1 is 1.25 bits per heavy atom. The van der Waals surface area contributed by atoms with Gasteiger partial charge in [0.05, 0.1) is 11.3 Å². The fraction of sp³-hybridized carbons (Fsp3) is 0.733.